The summed E-state index contributed by atoms with van der Waals surface area (Å²) in [6.45, 7) is 5.07. The molecule has 0 saturated carbocycles. The second-order valence-electron chi connectivity index (χ2n) is 6.79. The van der Waals surface area contributed by atoms with E-state index >= 15 is 0 Å². The molecule has 134 valence electrons. The Morgan fingerprint density at radius 1 is 1.17 bits per heavy atom. The van der Waals surface area contributed by atoms with Crippen molar-refractivity contribution < 1.29 is 13.2 Å². The molecule has 0 atom stereocenters. The van der Waals surface area contributed by atoms with Crippen LogP contribution in [0.3, 0.4) is 0 Å². The number of nitrogens with zero attached hydrogens (tertiary/aromatic N) is 1. The van der Waals surface area contributed by atoms with Crippen LogP contribution >= 0.6 is 0 Å². The van der Waals surface area contributed by atoms with Crippen molar-refractivity contribution >= 4 is 15.9 Å². The predicted octanol–water partition coefficient (Wildman–Crippen LogP) is 1.09. The zero-order valence-corrected chi connectivity index (χ0v) is 15.0. The van der Waals surface area contributed by atoms with E-state index < -0.39 is 10.0 Å². The summed E-state index contributed by atoms with van der Waals surface area (Å²) in [5, 5.41) is 6.43. The lowest BCUT2D eigenvalue weighted by Gasteiger charge is -2.31. The summed E-state index contributed by atoms with van der Waals surface area (Å²) >= 11 is 0. The third-order valence-electron chi connectivity index (χ3n) is 4.91. The smallest absolute Gasteiger partial charge is 0.220 e. The summed E-state index contributed by atoms with van der Waals surface area (Å²) in [7, 11) is -3.10. The number of hydrogen-bond donors (Lipinski definition) is 2. The van der Waals surface area contributed by atoms with Gasteiger partial charge in [0.2, 0.25) is 15.9 Å². The molecular weight excluding hydrogens is 314 g/mol. The summed E-state index contributed by atoms with van der Waals surface area (Å²) < 4.78 is 25.6. The van der Waals surface area contributed by atoms with E-state index in [2.05, 4.69) is 10.6 Å². The number of carbonyl (C=O) groups is 1. The lowest BCUT2D eigenvalue weighted by Crippen LogP contribution is -2.47. The van der Waals surface area contributed by atoms with E-state index in [1.54, 1.807) is 4.31 Å². The highest BCUT2D eigenvalue weighted by Crippen LogP contribution is 2.18. The Hall–Kier alpha value is -0.660. The Kier molecular flexibility index (Phi) is 7.30. The quantitative estimate of drug-likeness (QED) is 0.724. The minimum absolute atomic E-state index is 0.124. The summed E-state index contributed by atoms with van der Waals surface area (Å²) in [5.74, 6) is 1.02. The minimum Gasteiger partial charge on any atom is -0.353 e. The monoisotopic (exact) mass is 345 g/mol. The molecule has 0 aromatic rings. The van der Waals surface area contributed by atoms with Gasteiger partial charge in [0.25, 0.3) is 0 Å². The number of hydrogen-bond acceptors (Lipinski definition) is 4. The molecule has 2 rings (SSSR count). The molecule has 1 amide bonds. The molecule has 2 heterocycles. The van der Waals surface area contributed by atoms with Crippen molar-refractivity contribution in [2.75, 3.05) is 31.9 Å². The number of sulfonamides is 1. The fourth-order valence-corrected chi connectivity index (χ4v) is 5.01. The third-order valence-corrected chi connectivity index (χ3v) is 6.99. The zero-order chi connectivity index (χ0) is 16.7. The van der Waals surface area contributed by atoms with Crippen LogP contribution in [-0.4, -0.2) is 56.6 Å². The normalized spacial score (nSPS) is 22.1. The van der Waals surface area contributed by atoms with Gasteiger partial charge in [0, 0.05) is 25.6 Å². The van der Waals surface area contributed by atoms with Crippen LogP contribution < -0.4 is 10.6 Å². The SMILES string of the molecule is CCCS(=O)(=O)N1CCC(NC(=O)CCC2CCNCC2)CC1. The second kappa shape index (κ2) is 8.99. The van der Waals surface area contributed by atoms with Crippen molar-refractivity contribution in [1.29, 1.82) is 0 Å². The molecule has 2 aliphatic rings. The maximum absolute atomic E-state index is 12.1. The van der Waals surface area contributed by atoms with Crippen LogP contribution in [0.15, 0.2) is 0 Å². The average molecular weight is 346 g/mol. The summed E-state index contributed by atoms with van der Waals surface area (Å²) in [6, 6.07) is 0.128. The molecule has 2 saturated heterocycles. The largest absolute Gasteiger partial charge is 0.353 e. The first kappa shape index (κ1) is 18.7. The van der Waals surface area contributed by atoms with Gasteiger partial charge in [-0.2, -0.15) is 0 Å². The molecule has 0 bridgehead atoms. The zero-order valence-electron chi connectivity index (χ0n) is 14.2. The van der Waals surface area contributed by atoms with E-state index in [9.17, 15) is 13.2 Å². The molecule has 0 unspecified atom stereocenters. The van der Waals surface area contributed by atoms with Gasteiger partial charge in [-0.15, -0.1) is 0 Å². The summed E-state index contributed by atoms with van der Waals surface area (Å²) in [5.41, 5.74) is 0. The fourth-order valence-electron chi connectivity index (χ4n) is 3.47. The lowest BCUT2D eigenvalue weighted by molar-refractivity contribution is -0.122. The van der Waals surface area contributed by atoms with Crippen LogP contribution in [0, 0.1) is 5.92 Å². The molecular formula is C16H31N3O3S. The van der Waals surface area contributed by atoms with Gasteiger partial charge in [-0.1, -0.05) is 6.92 Å². The standard InChI is InChI=1S/C16H31N3O3S/c1-2-13-23(21,22)19-11-7-15(8-12-19)18-16(20)4-3-14-5-9-17-10-6-14/h14-15,17H,2-13H2,1H3,(H,18,20). The Balaban J connectivity index is 1.66. The Morgan fingerprint density at radius 3 is 2.43 bits per heavy atom. The van der Waals surface area contributed by atoms with Gasteiger partial charge in [0.15, 0.2) is 0 Å². The van der Waals surface area contributed by atoms with Crippen molar-refractivity contribution in [2.24, 2.45) is 5.92 Å². The van der Waals surface area contributed by atoms with Gasteiger partial charge in [-0.3, -0.25) is 4.79 Å². The molecule has 23 heavy (non-hydrogen) atoms. The van der Waals surface area contributed by atoms with Gasteiger partial charge >= 0.3 is 0 Å². The first-order valence-corrected chi connectivity index (χ1v) is 10.6. The molecule has 0 aromatic carbocycles. The van der Waals surface area contributed by atoms with Gasteiger partial charge in [-0.05, 0) is 57.5 Å². The number of rotatable bonds is 7. The molecule has 2 fully saturated rings. The number of amides is 1. The van der Waals surface area contributed by atoms with Crippen LogP contribution in [0.25, 0.3) is 0 Å². The molecule has 2 aliphatic heterocycles. The lowest BCUT2D eigenvalue weighted by atomic mass is 9.93. The number of nitrogens with one attached hydrogen (secondary N) is 2. The van der Waals surface area contributed by atoms with Crippen molar-refractivity contribution in [3.05, 3.63) is 0 Å². The Morgan fingerprint density at radius 2 is 1.83 bits per heavy atom. The summed E-state index contributed by atoms with van der Waals surface area (Å²) in [4.78, 5) is 12.1. The van der Waals surface area contributed by atoms with E-state index in [1.807, 2.05) is 6.92 Å². The number of carbonyl (C=O) groups excluding carboxylic acids is 1. The van der Waals surface area contributed by atoms with Crippen molar-refractivity contribution in [3.8, 4) is 0 Å². The molecule has 6 nitrogen and oxygen atoms in total. The van der Waals surface area contributed by atoms with Gasteiger partial charge < -0.3 is 10.6 Å². The molecule has 0 spiro atoms. The Bertz CT molecular complexity index is 467. The molecule has 0 aromatic heterocycles. The van der Waals surface area contributed by atoms with Crippen LogP contribution in [-0.2, 0) is 14.8 Å². The highest BCUT2D eigenvalue weighted by atomic mass is 32.2. The molecule has 2 N–H and O–H groups in total. The van der Waals surface area contributed by atoms with Gasteiger partial charge in [-0.25, -0.2) is 12.7 Å². The number of piperidine rings is 2. The third kappa shape index (κ3) is 6.04. The van der Waals surface area contributed by atoms with E-state index in [-0.39, 0.29) is 17.7 Å². The van der Waals surface area contributed by atoms with Crippen molar-refractivity contribution in [3.63, 3.8) is 0 Å². The van der Waals surface area contributed by atoms with Crippen LogP contribution in [0.2, 0.25) is 0 Å². The minimum atomic E-state index is -3.10. The Labute approximate surface area is 140 Å². The van der Waals surface area contributed by atoms with E-state index in [0.717, 1.165) is 32.4 Å². The van der Waals surface area contributed by atoms with Gasteiger partial charge in [0.1, 0.15) is 0 Å². The molecule has 7 heteroatoms. The molecule has 0 radical (unpaired) electrons. The maximum Gasteiger partial charge on any atom is 0.220 e. The second-order valence-corrected chi connectivity index (χ2v) is 8.88. The highest BCUT2D eigenvalue weighted by molar-refractivity contribution is 7.89. The first-order valence-electron chi connectivity index (χ1n) is 8.99. The first-order chi connectivity index (χ1) is 11.0. The maximum atomic E-state index is 12.1. The topological polar surface area (TPSA) is 78.5 Å². The van der Waals surface area contributed by atoms with Crippen molar-refractivity contribution in [1.82, 2.24) is 14.9 Å². The fraction of sp³-hybridized carbons (Fsp3) is 0.938. The van der Waals surface area contributed by atoms with Crippen LogP contribution in [0.5, 0.6) is 0 Å². The van der Waals surface area contributed by atoms with Crippen LogP contribution in [0.4, 0.5) is 0 Å². The predicted molar refractivity (Wildman–Crippen MR) is 91.6 cm³/mol. The van der Waals surface area contributed by atoms with Gasteiger partial charge in [0.05, 0.1) is 5.75 Å². The van der Waals surface area contributed by atoms with E-state index in [1.165, 1.54) is 12.8 Å². The highest BCUT2D eigenvalue weighted by Gasteiger charge is 2.28. The van der Waals surface area contributed by atoms with Crippen LogP contribution in [0.1, 0.15) is 51.9 Å². The van der Waals surface area contributed by atoms with E-state index in [0.29, 0.717) is 31.8 Å². The molecule has 0 aliphatic carbocycles. The average Bonchev–Trinajstić information content (AvgIpc) is 2.54. The van der Waals surface area contributed by atoms with Crippen molar-refractivity contribution in [2.45, 2.75) is 57.9 Å². The summed E-state index contributed by atoms with van der Waals surface area (Å²) in [6.07, 6.45) is 6.00. The van der Waals surface area contributed by atoms with E-state index in [4.69, 9.17) is 0 Å².